The van der Waals surface area contributed by atoms with Crippen LogP contribution in [0.25, 0.3) is 0 Å². The highest BCUT2D eigenvalue weighted by molar-refractivity contribution is 7.92. The van der Waals surface area contributed by atoms with E-state index in [1.165, 1.54) is 12.1 Å². The quantitative estimate of drug-likeness (QED) is 0.550. The second-order valence-corrected chi connectivity index (χ2v) is 9.86. The molecule has 1 spiro atoms. The van der Waals surface area contributed by atoms with Gasteiger partial charge in [-0.3, -0.25) is 9.71 Å². The Bertz CT molecular complexity index is 1280. The maximum absolute atomic E-state index is 13.0. The molecule has 0 radical (unpaired) electrons. The number of benzene rings is 2. The van der Waals surface area contributed by atoms with Crippen molar-refractivity contribution < 1.29 is 13.5 Å². The van der Waals surface area contributed by atoms with Crippen LogP contribution in [0.2, 0.25) is 0 Å². The molecule has 158 valence electrons. The first-order chi connectivity index (χ1) is 14.9. The summed E-state index contributed by atoms with van der Waals surface area (Å²) in [6, 6.07) is 13.6. The zero-order valence-electron chi connectivity index (χ0n) is 16.9. The van der Waals surface area contributed by atoms with Crippen molar-refractivity contribution in [1.82, 2.24) is 4.98 Å². The number of hydrogen-bond donors (Lipinski definition) is 3. The molecule has 2 aromatic carbocycles. The first kappa shape index (κ1) is 19.6. The van der Waals surface area contributed by atoms with Gasteiger partial charge in [0.2, 0.25) is 0 Å². The van der Waals surface area contributed by atoms with Crippen LogP contribution in [0, 0.1) is 0 Å². The van der Waals surface area contributed by atoms with Crippen molar-refractivity contribution in [2.45, 2.75) is 36.0 Å². The molecule has 3 aromatic rings. The molecule has 1 aliphatic heterocycles. The van der Waals surface area contributed by atoms with Gasteiger partial charge < -0.3 is 10.4 Å². The minimum absolute atomic E-state index is 0.143. The summed E-state index contributed by atoms with van der Waals surface area (Å²) in [6.07, 6.45) is 7.26. The predicted molar refractivity (Wildman–Crippen MR) is 121 cm³/mol. The molecule has 5 rings (SSSR count). The van der Waals surface area contributed by atoms with Crippen LogP contribution in [0.1, 0.15) is 36.0 Å². The van der Waals surface area contributed by atoms with E-state index in [1.807, 2.05) is 30.5 Å². The van der Waals surface area contributed by atoms with Crippen LogP contribution in [0.3, 0.4) is 0 Å². The number of phenols is 1. The molecule has 0 atom stereocenters. The summed E-state index contributed by atoms with van der Waals surface area (Å²) in [6.45, 7) is 4.26. The van der Waals surface area contributed by atoms with E-state index in [0.717, 1.165) is 47.3 Å². The summed E-state index contributed by atoms with van der Waals surface area (Å²) < 4.78 is 28.6. The molecule has 0 amide bonds. The Morgan fingerprint density at radius 2 is 1.97 bits per heavy atom. The van der Waals surface area contributed by atoms with Crippen molar-refractivity contribution in [2.75, 3.05) is 10.0 Å². The summed E-state index contributed by atoms with van der Waals surface area (Å²) >= 11 is 0. The number of pyridine rings is 1. The predicted octanol–water partition coefficient (Wildman–Crippen LogP) is 4.54. The van der Waals surface area contributed by atoms with Gasteiger partial charge >= 0.3 is 0 Å². The number of nitrogens with one attached hydrogen (secondary N) is 2. The highest BCUT2D eigenvalue weighted by Gasteiger charge is 2.47. The number of rotatable bonds is 5. The second-order valence-electron chi connectivity index (χ2n) is 8.21. The fraction of sp³-hybridized carbons (Fsp3) is 0.208. The zero-order chi connectivity index (χ0) is 21.6. The SMILES string of the molecule is C=C1Nc2c(Cc3cccnc3)cc(NS(=O)(=O)c3ccccc3O)cc2C12CCC2. The second kappa shape index (κ2) is 7.13. The molecule has 7 heteroatoms. The standard InChI is InChI=1S/C24H23N3O3S/c1-16-24(9-5-10-24)20-14-19(27-31(29,30)22-8-3-2-7-21(22)28)13-18(23(20)26-16)12-17-6-4-11-25-15-17/h2-4,6-8,11,13-15,26-28H,1,5,9-10,12H2. The average Bonchev–Trinajstić information content (AvgIpc) is 3.01. The number of aromatic hydroxyl groups is 1. The van der Waals surface area contributed by atoms with Crippen molar-refractivity contribution in [2.24, 2.45) is 0 Å². The van der Waals surface area contributed by atoms with Gasteiger partial charge in [-0.25, -0.2) is 8.42 Å². The van der Waals surface area contributed by atoms with Gasteiger partial charge in [0.25, 0.3) is 10.0 Å². The Kier molecular flexibility index (Phi) is 4.51. The maximum atomic E-state index is 13.0. The lowest BCUT2D eigenvalue weighted by atomic mass is 9.64. The number of para-hydroxylation sites is 1. The van der Waals surface area contributed by atoms with Crippen LogP contribution in [-0.4, -0.2) is 18.5 Å². The van der Waals surface area contributed by atoms with Gasteiger partial charge in [-0.05, 0) is 59.9 Å². The number of sulfonamides is 1. The fourth-order valence-corrected chi connectivity index (χ4v) is 5.72. The van der Waals surface area contributed by atoms with E-state index in [4.69, 9.17) is 0 Å². The Morgan fingerprint density at radius 1 is 1.16 bits per heavy atom. The van der Waals surface area contributed by atoms with Gasteiger partial charge in [-0.1, -0.05) is 31.2 Å². The summed E-state index contributed by atoms with van der Waals surface area (Å²) in [5, 5.41) is 13.5. The molecule has 2 aliphatic rings. The van der Waals surface area contributed by atoms with Gasteiger partial charge in [0, 0.05) is 41.3 Å². The third-order valence-electron chi connectivity index (χ3n) is 6.32. The first-order valence-electron chi connectivity index (χ1n) is 10.2. The van der Waals surface area contributed by atoms with Crippen LogP contribution in [0.15, 0.2) is 78.1 Å². The zero-order valence-corrected chi connectivity index (χ0v) is 17.7. The number of hydrogen-bond acceptors (Lipinski definition) is 5. The lowest BCUT2D eigenvalue weighted by Gasteiger charge is -2.39. The molecule has 3 N–H and O–H groups in total. The number of aromatic nitrogens is 1. The number of fused-ring (bicyclic) bond motifs is 2. The van der Waals surface area contributed by atoms with E-state index < -0.39 is 10.0 Å². The normalized spacial score (nSPS) is 16.5. The topological polar surface area (TPSA) is 91.3 Å². The smallest absolute Gasteiger partial charge is 0.265 e. The molecule has 1 aromatic heterocycles. The molecule has 0 bridgehead atoms. The molecule has 0 unspecified atom stereocenters. The molecule has 1 fully saturated rings. The van der Waals surface area contributed by atoms with Crippen molar-refractivity contribution in [3.8, 4) is 5.75 Å². The molecule has 1 saturated carbocycles. The van der Waals surface area contributed by atoms with Gasteiger partial charge in [-0.2, -0.15) is 0 Å². The minimum atomic E-state index is -3.95. The average molecular weight is 434 g/mol. The Morgan fingerprint density at radius 3 is 2.65 bits per heavy atom. The van der Waals surface area contributed by atoms with E-state index in [9.17, 15) is 13.5 Å². The monoisotopic (exact) mass is 433 g/mol. The van der Waals surface area contributed by atoms with Crippen LogP contribution in [0.4, 0.5) is 11.4 Å². The Labute approximate surface area is 181 Å². The summed E-state index contributed by atoms with van der Waals surface area (Å²) in [5.74, 6) is -0.280. The molecule has 2 heterocycles. The van der Waals surface area contributed by atoms with Crippen molar-refractivity contribution in [3.05, 3.63) is 89.9 Å². The Balaban J connectivity index is 1.60. The van der Waals surface area contributed by atoms with E-state index in [-0.39, 0.29) is 16.1 Å². The summed E-state index contributed by atoms with van der Waals surface area (Å²) in [7, 11) is -3.95. The fourth-order valence-electron chi connectivity index (χ4n) is 4.58. The largest absolute Gasteiger partial charge is 0.507 e. The van der Waals surface area contributed by atoms with Crippen molar-refractivity contribution in [3.63, 3.8) is 0 Å². The molecule has 1 aliphatic carbocycles. The van der Waals surface area contributed by atoms with Gasteiger partial charge in [-0.15, -0.1) is 0 Å². The lowest BCUT2D eigenvalue weighted by molar-refractivity contribution is 0.307. The van der Waals surface area contributed by atoms with Crippen molar-refractivity contribution >= 4 is 21.4 Å². The van der Waals surface area contributed by atoms with Gasteiger partial charge in [0.05, 0.1) is 0 Å². The number of anilines is 2. The van der Waals surface area contributed by atoms with E-state index >= 15 is 0 Å². The third kappa shape index (κ3) is 3.25. The van der Waals surface area contributed by atoms with Crippen LogP contribution >= 0.6 is 0 Å². The van der Waals surface area contributed by atoms with Crippen LogP contribution in [-0.2, 0) is 21.9 Å². The number of phenolic OH excluding ortho intramolecular Hbond substituents is 1. The van der Waals surface area contributed by atoms with E-state index in [0.29, 0.717) is 12.1 Å². The third-order valence-corrected chi connectivity index (χ3v) is 7.75. The molecule has 31 heavy (non-hydrogen) atoms. The van der Waals surface area contributed by atoms with Gasteiger partial charge in [0.1, 0.15) is 10.6 Å². The van der Waals surface area contributed by atoms with E-state index in [2.05, 4.69) is 21.6 Å². The minimum Gasteiger partial charge on any atom is -0.507 e. The first-order valence-corrected chi connectivity index (χ1v) is 11.7. The maximum Gasteiger partial charge on any atom is 0.265 e. The van der Waals surface area contributed by atoms with Crippen LogP contribution in [0.5, 0.6) is 5.75 Å². The number of nitrogens with zero attached hydrogens (tertiary/aromatic N) is 1. The van der Waals surface area contributed by atoms with Crippen molar-refractivity contribution in [1.29, 1.82) is 0 Å². The summed E-state index contributed by atoms with van der Waals surface area (Å²) in [5.41, 5.74) is 5.41. The molecular weight excluding hydrogens is 410 g/mol. The summed E-state index contributed by atoms with van der Waals surface area (Å²) in [4.78, 5) is 4.05. The highest BCUT2D eigenvalue weighted by Crippen LogP contribution is 2.56. The lowest BCUT2D eigenvalue weighted by Crippen LogP contribution is -2.33. The number of allylic oxidation sites excluding steroid dienone is 1. The highest BCUT2D eigenvalue weighted by atomic mass is 32.2. The molecule has 0 saturated heterocycles. The van der Waals surface area contributed by atoms with E-state index in [1.54, 1.807) is 18.3 Å². The van der Waals surface area contributed by atoms with Gasteiger partial charge in [0.15, 0.2) is 0 Å². The van der Waals surface area contributed by atoms with Crippen LogP contribution < -0.4 is 10.0 Å². The Hall–Kier alpha value is -3.32. The molecule has 6 nitrogen and oxygen atoms in total. The molecular formula is C24H23N3O3S.